The molecule has 0 fully saturated rings. The van der Waals surface area contributed by atoms with Gasteiger partial charge in [-0.05, 0) is 80.9 Å². The fraction of sp³-hybridized carbons (Fsp3) is 0.119. The predicted molar refractivity (Wildman–Crippen MR) is 198 cm³/mol. The zero-order valence-corrected chi connectivity index (χ0v) is 26.9. The van der Waals surface area contributed by atoms with Gasteiger partial charge in [-0.3, -0.25) is 4.99 Å². The van der Waals surface area contributed by atoms with E-state index in [9.17, 15) is 0 Å². The van der Waals surface area contributed by atoms with Crippen LogP contribution >= 0.6 is 22.9 Å². The highest BCUT2D eigenvalue weighted by Gasteiger charge is 2.23. The van der Waals surface area contributed by atoms with Crippen LogP contribution in [0.4, 0.5) is 0 Å². The predicted octanol–water partition coefficient (Wildman–Crippen LogP) is 12.6. The van der Waals surface area contributed by atoms with Crippen LogP contribution in [0.15, 0.2) is 138 Å². The van der Waals surface area contributed by atoms with Crippen molar-refractivity contribution in [3.8, 4) is 0 Å². The van der Waals surface area contributed by atoms with Crippen LogP contribution in [0.2, 0.25) is 5.02 Å². The Morgan fingerprint density at radius 3 is 2.13 bits per heavy atom. The number of rotatable bonds is 3. The average molecular weight is 618 g/mol. The van der Waals surface area contributed by atoms with Crippen molar-refractivity contribution in [3.63, 3.8) is 0 Å². The number of fused-ring (bicyclic) bond motifs is 5. The third-order valence-electron chi connectivity index (χ3n) is 9.16. The highest BCUT2D eigenvalue weighted by Crippen LogP contribution is 2.44. The Labute approximate surface area is 272 Å². The Hall–Kier alpha value is -4.50. The molecule has 0 radical (unpaired) electrons. The maximum atomic E-state index is 7.20. The van der Waals surface area contributed by atoms with E-state index in [1.165, 1.54) is 52.9 Å². The van der Waals surface area contributed by atoms with E-state index >= 15 is 0 Å². The van der Waals surface area contributed by atoms with Gasteiger partial charge in [-0.2, -0.15) is 0 Å². The van der Waals surface area contributed by atoms with Crippen molar-refractivity contribution >= 4 is 81.6 Å². The highest BCUT2D eigenvalue weighted by molar-refractivity contribution is 7.26. The van der Waals surface area contributed by atoms with Crippen molar-refractivity contribution in [3.05, 3.63) is 155 Å². The molecule has 2 atom stereocenters. The smallest absolute Gasteiger partial charge is 0.0687 e. The second-order valence-corrected chi connectivity index (χ2v) is 13.6. The van der Waals surface area contributed by atoms with E-state index in [0.717, 1.165) is 34.0 Å². The Morgan fingerprint density at radius 2 is 1.36 bits per heavy atom. The first-order chi connectivity index (χ1) is 22.0. The molecule has 7 aromatic rings. The molecule has 45 heavy (non-hydrogen) atoms. The van der Waals surface area contributed by atoms with Gasteiger partial charge >= 0.3 is 0 Å². The van der Waals surface area contributed by atoms with Crippen LogP contribution in [-0.2, 0) is 0 Å². The van der Waals surface area contributed by atoms with Crippen molar-refractivity contribution in [2.75, 3.05) is 0 Å². The molecule has 218 valence electrons. The lowest BCUT2D eigenvalue weighted by atomic mass is 9.86. The summed E-state index contributed by atoms with van der Waals surface area (Å²) in [7, 11) is 0. The van der Waals surface area contributed by atoms with Gasteiger partial charge in [-0.25, -0.2) is 0 Å². The highest BCUT2D eigenvalue weighted by atomic mass is 35.5. The summed E-state index contributed by atoms with van der Waals surface area (Å²) in [6, 6.07) is 43.5. The molecule has 8 rings (SSSR count). The summed E-state index contributed by atoms with van der Waals surface area (Å²) in [5.74, 6) is 0.378. The van der Waals surface area contributed by atoms with Gasteiger partial charge in [0.25, 0.3) is 0 Å². The monoisotopic (exact) mass is 617 g/mol. The topological polar surface area (TPSA) is 12.4 Å². The standard InChI is InChI=1S/C42H32ClNS/c1-26-16-20-37(41-36(43)19-21-38-40(41)35-24-31-14-8-9-15-32(31)25-39(35)45-38)44-42(27(2)22-34(26)29-11-4-3-5-12-29)33-18-17-28-10-6-7-13-30(28)23-33/h3-15,17-27H,16H2,1-2H3/b34-22+,37-20+,44-42+. The number of hydrogen-bond donors (Lipinski definition) is 0. The Kier molecular flexibility index (Phi) is 7.13. The molecule has 0 saturated heterocycles. The summed E-state index contributed by atoms with van der Waals surface area (Å²) in [6.07, 6.45) is 5.61. The molecule has 1 nitrogen and oxygen atoms in total. The van der Waals surface area contributed by atoms with Crippen molar-refractivity contribution in [2.24, 2.45) is 16.8 Å². The molecular formula is C42H32ClNS. The minimum absolute atomic E-state index is 0.0754. The third kappa shape index (κ3) is 5.09. The maximum Gasteiger partial charge on any atom is 0.0687 e. The number of benzene rings is 6. The number of hydrogen-bond acceptors (Lipinski definition) is 2. The number of nitrogens with zero attached hydrogens (tertiary/aromatic N) is 1. The fourth-order valence-corrected chi connectivity index (χ4v) is 8.23. The van der Waals surface area contributed by atoms with E-state index in [1.54, 1.807) is 0 Å². The van der Waals surface area contributed by atoms with Crippen molar-refractivity contribution in [1.82, 2.24) is 0 Å². The molecule has 2 heterocycles. The van der Waals surface area contributed by atoms with Gasteiger partial charge in [0.2, 0.25) is 0 Å². The maximum absolute atomic E-state index is 7.20. The summed E-state index contributed by atoms with van der Waals surface area (Å²) in [4.78, 5) is 5.60. The molecule has 0 saturated carbocycles. The van der Waals surface area contributed by atoms with Crippen molar-refractivity contribution in [2.45, 2.75) is 20.3 Å². The van der Waals surface area contributed by atoms with Crippen molar-refractivity contribution < 1.29 is 0 Å². The van der Waals surface area contributed by atoms with Crippen LogP contribution in [0.25, 0.3) is 53.0 Å². The van der Waals surface area contributed by atoms with E-state index in [0.29, 0.717) is 5.92 Å². The van der Waals surface area contributed by atoms with Crippen molar-refractivity contribution in [1.29, 1.82) is 0 Å². The molecule has 1 aliphatic heterocycles. The molecule has 2 unspecified atom stereocenters. The van der Waals surface area contributed by atoms with Gasteiger partial charge in [-0.1, -0.05) is 129 Å². The third-order valence-corrected chi connectivity index (χ3v) is 10.6. The van der Waals surface area contributed by atoms with Crippen LogP contribution in [0, 0.1) is 11.8 Å². The van der Waals surface area contributed by atoms with E-state index in [-0.39, 0.29) is 5.92 Å². The second kappa shape index (κ2) is 11.5. The molecule has 0 N–H and O–H groups in total. The lowest BCUT2D eigenvalue weighted by molar-refractivity contribution is 0.761. The molecule has 1 aliphatic rings. The summed E-state index contributed by atoms with van der Waals surface area (Å²) in [5, 5.41) is 8.09. The largest absolute Gasteiger partial charge is 0.252 e. The summed E-state index contributed by atoms with van der Waals surface area (Å²) >= 11 is 9.03. The van der Waals surface area contributed by atoms with Gasteiger partial charge in [0.1, 0.15) is 0 Å². The first-order valence-electron chi connectivity index (χ1n) is 15.6. The molecule has 0 bridgehead atoms. The second-order valence-electron chi connectivity index (χ2n) is 12.2. The Bertz CT molecular complexity index is 2340. The first kappa shape index (κ1) is 28.0. The van der Waals surface area contributed by atoms with E-state index in [2.05, 4.69) is 141 Å². The van der Waals surface area contributed by atoms with Crippen LogP contribution in [0.3, 0.4) is 0 Å². The van der Waals surface area contributed by atoms with Gasteiger partial charge in [0.05, 0.1) is 16.4 Å². The fourth-order valence-electron chi connectivity index (χ4n) is 6.83. The molecule has 0 amide bonds. The van der Waals surface area contributed by atoms with E-state index in [1.807, 2.05) is 17.4 Å². The SMILES string of the molecule is CC1/C=C(/c2ccccc2)C(C)C/C=C(c2c(Cl)ccc3sc4cc5ccccc5cc4c23)/N=C\1c1ccc2ccccc2c1. The average Bonchev–Trinajstić information content (AvgIpc) is 3.45. The lowest BCUT2D eigenvalue weighted by Crippen LogP contribution is -2.12. The van der Waals surface area contributed by atoms with Gasteiger partial charge in [-0.15, -0.1) is 11.3 Å². The Balaban J connectivity index is 1.39. The molecular weight excluding hydrogens is 586 g/mol. The normalized spacial score (nSPS) is 21.0. The Morgan fingerprint density at radius 1 is 0.667 bits per heavy atom. The number of halogens is 1. The number of thiophene rings is 1. The molecule has 1 aromatic heterocycles. The van der Waals surface area contributed by atoms with Crippen LogP contribution in [0.1, 0.15) is 37.0 Å². The van der Waals surface area contributed by atoms with Crippen LogP contribution in [0.5, 0.6) is 0 Å². The molecule has 3 heteroatoms. The lowest BCUT2D eigenvalue weighted by Gasteiger charge is -2.18. The zero-order valence-electron chi connectivity index (χ0n) is 25.3. The summed E-state index contributed by atoms with van der Waals surface area (Å²) < 4.78 is 2.50. The number of aliphatic imine (C=N–C) groups is 1. The quantitative estimate of drug-likeness (QED) is 0.187. The van der Waals surface area contributed by atoms with Crippen LogP contribution < -0.4 is 0 Å². The first-order valence-corrected chi connectivity index (χ1v) is 16.8. The number of allylic oxidation sites excluding steroid dienone is 3. The van der Waals surface area contributed by atoms with Gasteiger partial charge in [0, 0.05) is 31.7 Å². The molecule has 0 aliphatic carbocycles. The minimum atomic E-state index is 0.0754. The van der Waals surface area contributed by atoms with Gasteiger partial charge < -0.3 is 0 Å². The molecule has 0 spiro atoms. The van der Waals surface area contributed by atoms with E-state index < -0.39 is 0 Å². The van der Waals surface area contributed by atoms with E-state index in [4.69, 9.17) is 16.6 Å². The van der Waals surface area contributed by atoms with Gasteiger partial charge in [0.15, 0.2) is 0 Å². The van der Waals surface area contributed by atoms with Crippen LogP contribution in [-0.4, -0.2) is 5.71 Å². The minimum Gasteiger partial charge on any atom is -0.252 e. The summed E-state index contributed by atoms with van der Waals surface area (Å²) in [6.45, 7) is 4.61. The molecule has 6 aromatic carbocycles. The summed E-state index contributed by atoms with van der Waals surface area (Å²) in [5.41, 5.74) is 6.77. The zero-order chi connectivity index (χ0) is 30.5.